The molecular weight excluding hydrogens is 439 g/mol. The molecule has 2 fully saturated rings. The van der Waals surface area contributed by atoms with Crippen LogP contribution in [-0.2, 0) is 4.79 Å². The second kappa shape index (κ2) is 10.1. The summed E-state index contributed by atoms with van der Waals surface area (Å²) in [4.78, 5) is 18.3. The molecule has 5 nitrogen and oxygen atoms in total. The topological polar surface area (TPSA) is 56.7 Å². The van der Waals surface area contributed by atoms with Crippen LogP contribution in [0.25, 0.3) is 0 Å². The van der Waals surface area contributed by atoms with E-state index in [2.05, 4.69) is 50.9 Å². The van der Waals surface area contributed by atoms with Gasteiger partial charge in [0.2, 0.25) is 5.91 Å². The highest BCUT2D eigenvalue weighted by atomic mass is 127. The monoisotopic (exact) mass is 470 g/mol. The normalized spacial score (nSPS) is 23.2. The van der Waals surface area contributed by atoms with Gasteiger partial charge in [-0.15, -0.1) is 24.0 Å². The van der Waals surface area contributed by atoms with E-state index in [9.17, 15) is 4.79 Å². The lowest BCUT2D eigenvalue weighted by atomic mass is 9.93. The summed E-state index contributed by atoms with van der Waals surface area (Å²) in [6.07, 6.45) is 4.04. The maximum absolute atomic E-state index is 11.5. The molecule has 2 N–H and O–H groups in total. The minimum atomic E-state index is 0. The van der Waals surface area contributed by atoms with Gasteiger partial charge in [-0.2, -0.15) is 0 Å². The summed E-state index contributed by atoms with van der Waals surface area (Å²) in [6, 6.07) is 10.8. The minimum absolute atomic E-state index is 0. The van der Waals surface area contributed by atoms with Gasteiger partial charge in [0, 0.05) is 40.2 Å². The van der Waals surface area contributed by atoms with E-state index in [0.717, 1.165) is 38.4 Å². The molecule has 144 valence electrons. The smallest absolute Gasteiger partial charge is 0.220 e. The second-order valence-electron chi connectivity index (χ2n) is 7.25. The number of rotatable bonds is 5. The number of amides is 1. The molecule has 1 saturated carbocycles. The van der Waals surface area contributed by atoms with E-state index in [-0.39, 0.29) is 29.9 Å². The van der Waals surface area contributed by atoms with Crippen molar-refractivity contribution in [2.75, 3.05) is 33.7 Å². The van der Waals surface area contributed by atoms with Crippen LogP contribution < -0.4 is 10.6 Å². The number of nitrogens with one attached hydrogen (secondary N) is 2. The van der Waals surface area contributed by atoms with E-state index in [1.54, 1.807) is 7.05 Å². The number of hydrogen-bond acceptors (Lipinski definition) is 2. The van der Waals surface area contributed by atoms with Crippen molar-refractivity contribution in [2.45, 2.75) is 31.6 Å². The van der Waals surface area contributed by atoms with Crippen molar-refractivity contribution in [3.63, 3.8) is 0 Å². The summed E-state index contributed by atoms with van der Waals surface area (Å²) in [5, 5.41) is 6.29. The van der Waals surface area contributed by atoms with E-state index >= 15 is 0 Å². The van der Waals surface area contributed by atoms with Gasteiger partial charge >= 0.3 is 0 Å². The van der Waals surface area contributed by atoms with Gasteiger partial charge in [-0.25, -0.2) is 0 Å². The highest BCUT2D eigenvalue weighted by molar-refractivity contribution is 14.0. The lowest BCUT2D eigenvalue weighted by molar-refractivity contribution is -0.121. The molecular formula is C20H31IN4O. The average Bonchev–Trinajstić information content (AvgIpc) is 3.44. The Kier molecular flexibility index (Phi) is 8.18. The molecule has 1 aliphatic carbocycles. The highest BCUT2D eigenvalue weighted by Gasteiger charge is 2.38. The molecule has 1 aromatic rings. The first-order valence-corrected chi connectivity index (χ1v) is 9.42. The van der Waals surface area contributed by atoms with E-state index in [1.165, 1.54) is 12.0 Å². The van der Waals surface area contributed by atoms with Gasteiger partial charge in [0.05, 0.1) is 0 Å². The van der Waals surface area contributed by atoms with Crippen LogP contribution in [0, 0.1) is 11.8 Å². The molecule has 1 aromatic carbocycles. The molecule has 3 rings (SSSR count). The maximum atomic E-state index is 11.5. The Labute approximate surface area is 174 Å². The number of guanidine groups is 1. The van der Waals surface area contributed by atoms with Crippen LogP contribution in [0.1, 0.15) is 37.2 Å². The van der Waals surface area contributed by atoms with Gasteiger partial charge in [0.25, 0.3) is 0 Å². The Bertz CT molecular complexity index is 599. The standard InChI is InChI=1S/C20H30N4O.HI/c1-21-19(25)12-15-8-10-24(11-9-15)20(22-2)23-14-17-13-18(17)16-6-4-3-5-7-16;/h3-7,15,17-18H,8-14H2,1-2H3,(H,21,25)(H,22,23);1H. The summed E-state index contributed by atoms with van der Waals surface area (Å²) in [5.74, 6) is 3.08. The third kappa shape index (κ3) is 5.59. The summed E-state index contributed by atoms with van der Waals surface area (Å²) in [7, 11) is 3.57. The van der Waals surface area contributed by atoms with E-state index in [0.29, 0.717) is 24.2 Å². The fourth-order valence-electron chi connectivity index (χ4n) is 3.85. The number of hydrogen-bond donors (Lipinski definition) is 2. The highest BCUT2D eigenvalue weighted by Crippen LogP contribution is 2.46. The third-order valence-corrected chi connectivity index (χ3v) is 5.55. The number of nitrogens with zero attached hydrogens (tertiary/aromatic N) is 2. The van der Waals surface area contributed by atoms with Crippen molar-refractivity contribution in [3.05, 3.63) is 35.9 Å². The van der Waals surface area contributed by atoms with Crippen LogP contribution in [0.5, 0.6) is 0 Å². The predicted molar refractivity (Wildman–Crippen MR) is 117 cm³/mol. The first-order chi connectivity index (χ1) is 12.2. The molecule has 2 unspecified atom stereocenters. The van der Waals surface area contributed by atoms with E-state index < -0.39 is 0 Å². The Hall–Kier alpha value is -1.31. The molecule has 2 aliphatic rings. The SMILES string of the molecule is CN=C(NCC1CC1c1ccccc1)N1CCC(CC(=O)NC)CC1.I. The Morgan fingerprint density at radius 2 is 1.92 bits per heavy atom. The van der Waals surface area contributed by atoms with Crippen LogP contribution in [0.4, 0.5) is 0 Å². The van der Waals surface area contributed by atoms with Crippen LogP contribution in [0.15, 0.2) is 35.3 Å². The number of benzene rings is 1. The lowest BCUT2D eigenvalue weighted by Crippen LogP contribution is -2.46. The number of carbonyl (C=O) groups excluding carboxylic acids is 1. The van der Waals surface area contributed by atoms with E-state index in [4.69, 9.17) is 0 Å². The first kappa shape index (κ1) is 21.0. The molecule has 2 atom stereocenters. The van der Waals surface area contributed by atoms with Gasteiger partial charge in [-0.05, 0) is 42.6 Å². The van der Waals surface area contributed by atoms with Gasteiger partial charge in [0.1, 0.15) is 0 Å². The largest absolute Gasteiger partial charge is 0.359 e. The van der Waals surface area contributed by atoms with Crippen molar-refractivity contribution >= 4 is 35.8 Å². The maximum Gasteiger partial charge on any atom is 0.220 e. The molecule has 1 heterocycles. The number of piperidine rings is 1. The van der Waals surface area contributed by atoms with Crippen molar-refractivity contribution in [1.29, 1.82) is 0 Å². The first-order valence-electron chi connectivity index (χ1n) is 9.42. The van der Waals surface area contributed by atoms with Crippen LogP contribution in [0.2, 0.25) is 0 Å². The Balaban J connectivity index is 0.00000243. The van der Waals surface area contributed by atoms with Crippen molar-refractivity contribution in [3.8, 4) is 0 Å². The summed E-state index contributed by atoms with van der Waals surface area (Å²) in [5.41, 5.74) is 1.46. The lowest BCUT2D eigenvalue weighted by Gasteiger charge is -2.34. The fraction of sp³-hybridized carbons (Fsp3) is 0.600. The summed E-state index contributed by atoms with van der Waals surface area (Å²) >= 11 is 0. The van der Waals surface area contributed by atoms with Crippen LogP contribution >= 0.6 is 24.0 Å². The number of aliphatic imine (C=N–C) groups is 1. The zero-order valence-electron chi connectivity index (χ0n) is 15.8. The third-order valence-electron chi connectivity index (χ3n) is 5.55. The number of halogens is 1. The molecule has 0 aromatic heterocycles. The zero-order valence-corrected chi connectivity index (χ0v) is 18.1. The van der Waals surface area contributed by atoms with Gasteiger partial charge in [-0.1, -0.05) is 30.3 Å². The molecule has 0 radical (unpaired) electrons. The molecule has 1 saturated heterocycles. The Morgan fingerprint density at radius 1 is 1.23 bits per heavy atom. The molecule has 0 spiro atoms. The molecule has 6 heteroatoms. The summed E-state index contributed by atoms with van der Waals surface area (Å²) in [6.45, 7) is 2.95. The van der Waals surface area contributed by atoms with Crippen LogP contribution in [0.3, 0.4) is 0 Å². The molecule has 1 amide bonds. The minimum Gasteiger partial charge on any atom is -0.359 e. The Morgan fingerprint density at radius 3 is 2.54 bits per heavy atom. The predicted octanol–water partition coefficient (Wildman–Crippen LogP) is 2.83. The van der Waals surface area contributed by atoms with Crippen LogP contribution in [-0.4, -0.2) is 50.5 Å². The van der Waals surface area contributed by atoms with Gasteiger partial charge in [0.15, 0.2) is 5.96 Å². The van der Waals surface area contributed by atoms with E-state index in [1.807, 2.05) is 7.05 Å². The zero-order chi connectivity index (χ0) is 17.6. The van der Waals surface area contributed by atoms with Crippen molar-refractivity contribution in [2.24, 2.45) is 16.8 Å². The second-order valence-corrected chi connectivity index (χ2v) is 7.25. The summed E-state index contributed by atoms with van der Waals surface area (Å²) < 4.78 is 0. The number of carbonyl (C=O) groups is 1. The fourth-order valence-corrected chi connectivity index (χ4v) is 3.85. The number of likely N-dealkylation sites (tertiary alicyclic amines) is 1. The molecule has 26 heavy (non-hydrogen) atoms. The average molecular weight is 470 g/mol. The quantitative estimate of drug-likeness (QED) is 0.396. The molecule has 1 aliphatic heterocycles. The van der Waals surface area contributed by atoms with Gasteiger partial charge in [-0.3, -0.25) is 9.79 Å². The van der Waals surface area contributed by atoms with Gasteiger partial charge < -0.3 is 15.5 Å². The molecule has 0 bridgehead atoms. The van der Waals surface area contributed by atoms with Crippen molar-refractivity contribution < 1.29 is 4.79 Å². The van der Waals surface area contributed by atoms with Crippen molar-refractivity contribution in [1.82, 2.24) is 15.5 Å².